The van der Waals surface area contributed by atoms with E-state index >= 15 is 0 Å². The highest BCUT2D eigenvalue weighted by Crippen LogP contribution is 2.42. The maximum atomic E-state index is 11.8. The molecule has 2 aromatic heterocycles. The molecule has 0 saturated carbocycles. The quantitative estimate of drug-likeness (QED) is 0.342. The Labute approximate surface area is 213 Å². The summed E-state index contributed by atoms with van der Waals surface area (Å²) in [5, 5.41) is 4.21. The molecule has 3 heterocycles. The SMILES string of the molecule is CCc1cccc(C)c1-n1c(C)cc(C2C(c3ccccn3)NC(=S)N2CCCC(=O)OC)c1C. The number of methoxy groups -OCH3 is 1. The lowest BCUT2D eigenvalue weighted by Gasteiger charge is -2.28. The van der Waals surface area contributed by atoms with E-state index in [1.807, 2.05) is 24.4 Å². The number of aryl methyl sites for hydroxylation is 3. The third kappa shape index (κ3) is 4.82. The number of ether oxygens (including phenoxy) is 1. The average molecular weight is 491 g/mol. The van der Waals surface area contributed by atoms with Gasteiger partial charge in [0.15, 0.2) is 5.11 Å². The van der Waals surface area contributed by atoms with Crippen molar-refractivity contribution in [3.63, 3.8) is 0 Å². The molecule has 6 nitrogen and oxygen atoms in total. The topological polar surface area (TPSA) is 59.4 Å². The predicted molar refractivity (Wildman–Crippen MR) is 143 cm³/mol. The van der Waals surface area contributed by atoms with Crippen LogP contribution in [-0.2, 0) is 16.0 Å². The van der Waals surface area contributed by atoms with Crippen molar-refractivity contribution in [1.29, 1.82) is 0 Å². The van der Waals surface area contributed by atoms with Gasteiger partial charge in [0.1, 0.15) is 0 Å². The van der Waals surface area contributed by atoms with Crippen LogP contribution < -0.4 is 5.32 Å². The second kappa shape index (κ2) is 10.6. The Morgan fingerprint density at radius 2 is 1.97 bits per heavy atom. The number of hydrogen-bond donors (Lipinski definition) is 1. The van der Waals surface area contributed by atoms with Crippen LogP contribution in [0.25, 0.3) is 5.69 Å². The van der Waals surface area contributed by atoms with Crippen LogP contribution in [0, 0.1) is 20.8 Å². The van der Waals surface area contributed by atoms with Crippen molar-refractivity contribution in [1.82, 2.24) is 19.8 Å². The highest BCUT2D eigenvalue weighted by atomic mass is 32.1. The van der Waals surface area contributed by atoms with Gasteiger partial charge in [-0.2, -0.15) is 0 Å². The summed E-state index contributed by atoms with van der Waals surface area (Å²) >= 11 is 5.80. The van der Waals surface area contributed by atoms with Gasteiger partial charge in [-0.05, 0) is 80.7 Å². The molecule has 1 N–H and O–H groups in total. The summed E-state index contributed by atoms with van der Waals surface area (Å²) in [5.74, 6) is -0.203. The summed E-state index contributed by atoms with van der Waals surface area (Å²) in [6.07, 6.45) is 3.81. The summed E-state index contributed by atoms with van der Waals surface area (Å²) in [6.45, 7) is 9.39. The molecular weight excluding hydrogens is 456 g/mol. The van der Waals surface area contributed by atoms with Crippen LogP contribution in [0.3, 0.4) is 0 Å². The second-order valence-electron chi connectivity index (χ2n) is 9.10. The summed E-state index contributed by atoms with van der Waals surface area (Å²) < 4.78 is 7.23. The number of carbonyl (C=O) groups excluding carboxylic acids is 1. The minimum Gasteiger partial charge on any atom is -0.469 e. The number of para-hydroxylation sites is 1. The lowest BCUT2D eigenvalue weighted by Crippen LogP contribution is -2.31. The molecule has 2 unspecified atom stereocenters. The fourth-order valence-electron chi connectivity index (χ4n) is 5.24. The fraction of sp³-hybridized carbons (Fsp3) is 0.393. The van der Waals surface area contributed by atoms with Crippen LogP contribution in [-0.4, -0.2) is 39.2 Å². The van der Waals surface area contributed by atoms with Crippen LogP contribution in [0.4, 0.5) is 0 Å². The number of carbonyl (C=O) groups is 1. The van der Waals surface area contributed by atoms with E-state index in [0.29, 0.717) is 24.5 Å². The molecule has 184 valence electrons. The molecule has 1 aliphatic heterocycles. The first kappa shape index (κ1) is 24.9. The third-order valence-electron chi connectivity index (χ3n) is 6.92. The molecule has 35 heavy (non-hydrogen) atoms. The van der Waals surface area contributed by atoms with Crippen molar-refractivity contribution in [2.45, 2.75) is 59.0 Å². The first-order valence-electron chi connectivity index (χ1n) is 12.2. The summed E-state index contributed by atoms with van der Waals surface area (Å²) in [4.78, 5) is 18.6. The highest BCUT2D eigenvalue weighted by molar-refractivity contribution is 7.80. The number of pyridine rings is 1. The lowest BCUT2D eigenvalue weighted by molar-refractivity contribution is -0.140. The van der Waals surface area contributed by atoms with Crippen molar-refractivity contribution in [3.05, 3.63) is 82.4 Å². The zero-order valence-corrected chi connectivity index (χ0v) is 22.0. The minimum atomic E-state index is -0.203. The van der Waals surface area contributed by atoms with E-state index < -0.39 is 0 Å². The van der Waals surface area contributed by atoms with Crippen molar-refractivity contribution in [3.8, 4) is 5.69 Å². The molecule has 1 aliphatic rings. The van der Waals surface area contributed by atoms with Gasteiger partial charge in [0, 0.05) is 30.6 Å². The van der Waals surface area contributed by atoms with Crippen molar-refractivity contribution >= 4 is 23.3 Å². The van der Waals surface area contributed by atoms with E-state index in [1.54, 1.807) is 0 Å². The second-order valence-corrected chi connectivity index (χ2v) is 9.48. The Bertz CT molecular complexity index is 1220. The molecular formula is C28H34N4O2S. The number of benzene rings is 1. The third-order valence-corrected chi connectivity index (χ3v) is 7.27. The van der Waals surface area contributed by atoms with Crippen molar-refractivity contribution in [2.24, 2.45) is 0 Å². The van der Waals surface area contributed by atoms with E-state index in [1.165, 1.54) is 40.9 Å². The van der Waals surface area contributed by atoms with Crippen LogP contribution in [0.1, 0.15) is 65.6 Å². The van der Waals surface area contributed by atoms with Crippen molar-refractivity contribution < 1.29 is 9.53 Å². The number of hydrogen-bond acceptors (Lipinski definition) is 4. The number of thiocarbonyl (C=S) groups is 1. The van der Waals surface area contributed by atoms with E-state index in [-0.39, 0.29) is 18.1 Å². The predicted octanol–water partition coefficient (Wildman–Crippen LogP) is 5.29. The molecule has 0 bridgehead atoms. The Hall–Kier alpha value is -3.19. The zero-order valence-electron chi connectivity index (χ0n) is 21.2. The molecule has 4 rings (SSSR count). The Morgan fingerprint density at radius 3 is 2.66 bits per heavy atom. The van der Waals surface area contributed by atoms with E-state index in [0.717, 1.165) is 12.1 Å². The van der Waals surface area contributed by atoms with Crippen LogP contribution in [0.5, 0.6) is 0 Å². The van der Waals surface area contributed by atoms with E-state index in [4.69, 9.17) is 17.0 Å². The maximum Gasteiger partial charge on any atom is 0.305 e. The van der Waals surface area contributed by atoms with Crippen LogP contribution >= 0.6 is 12.2 Å². The smallest absolute Gasteiger partial charge is 0.305 e. The largest absolute Gasteiger partial charge is 0.469 e. The zero-order chi connectivity index (χ0) is 25.1. The lowest BCUT2D eigenvalue weighted by atomic mass is 9.96. The molecule has 3 aromatic rings. The number of nitrogens with one attached hydrogen (secondary N) is 1. The average Bonchev–Trinajstić information content (AvgIpc) is 3.34. The van der Waals surface area contributed by atoms with Gasteiger partial charge in [-0.15, -0.1) is 0 Å². The number of aromatic nitrogens is 2. The van der Waals surface area contributed by atoms with Crippen LogP contribution in [0.15, 0.2) is 48.7 Å². The Balaban J connectivity index is 1.80. The minimum absolute atomic E-state index is 0.0379. The molecule has 0 aliphatic carbocycles. The van der Waals surface area contributed by atoms with Crippen molar-refractivity contribution in [2.75, 3.05) is 13.7 Å². The standard InChI is InChI=1S/C28H34N4O2S/c1-6-21-12-9-11-18(2)26(21)32-19(3)17-22(20(32)4)27-25(23-13-7-8-15-29-23)30-28(35)31(27)16-10-14-24(33)34-5/h7-9,11-13,15,17,25,27H,6,10,14,16H2,1-5H3,(H,30,35). The Morgan fingerprint density at radius 1 is 1.17 bits per heavy atom. The normalized spacial score (nSPS) is 17.5. The molecule has 0 amide bonds. The fourth-order valence-corrected chi connectivity index (χ4v) is 5.57. The van der Waals surface area contributed by atoms with Gasteiger partial charge in [0.2, 0.25) is 0 Å². The molecule has 1 saturated heterocycles. The van der Waals surface area contributed by atoms with Gasteiger partial charge >= 0.3 is 5.97 Å². The molecule has 0 spiro atoms. The van der Waals surface area contributed by atoms with Gasteiger partial charge in [-0.25, -0.2) is 0 Å². The summed E-state index contributed by atoms with van der Waals surface area (Å²) in [6, 6.07) is 14.7. The number of rotatable bonds is 8. The molecule has 2 atom stereocenters. The van der Waals surface area contributed by atoms with E-state index in [9.17, 15) is 4.79 Å². The first-order valence-corrected chi connectivity index (χ1v) is 12.6. The molecule has 1 fully saturated rings. The summed E-state index contributed by atoms with van der Waals surface area (Å²) in [5.41, 5.74) is 8.40. The van der Waals surface area contributed by atoms with Gasteiger partial charge < -0.3 is 19.5 Å². The van der Waals surface area contributed by atoms with Crippen LogP contribution in [0.2, 0.25) is 0 Å². The number of nitrogens with zero attached hydrogens (tertiary/aromatic N) is 3. The first-order chi connectivity index (χ1) is 16.9. The Kier molecular flexibility index (Phi) is 7.55. The molecule has 1 aromatic carbocycles. The molecule has 0 radical (unpaired) electrons. The number of esters is 1. The van der Waals surface area contributed by atoms with Gasteiger partial charge in [0.05, 0.1) is 30.6 Å². The maximum absolute atomic E-state index is 11.8. The van der Waals surface area contributed by atoms with E-state index in [2.05, 4.69) is 71.7 Å². The summed E-state index contributed by atoms with van der Waals surface area (Å²) in [7, 11) is 1.43. The monoisotopic (exact) mass is 490 g/mol. The van der Waals surface area contributed by atoms with Gasteiger partial charge in [-0.1, -0.05) is 31.2 Å². The van der Waals surface area contributed by atoms with Gasteiger partial charge in [-0.3, -0.25) is 9.78 Å². The molecule has 7 heteroatoms. The highest BCUT2D eigenvalue weighted by Gasteiger charge is 2.41. The van der Waals surface area contributed by atoms with Gasteiger partial charge in [0.25, 0.3) is 0 Å².